The molecule has 0 saturated heterocycles. The minimum Gasteiger partial charge on any atom is -0.274 e. The van der Waals surface area contributed by atoms with Gasteiger partial charge in [-0.15, -0.1) is 0 Å². The summed E-state index contributed by atoms with van der Waals surface area (Å²) in [4.78, 5) is 16.0. The molecular weight excluding hydrogens is 276 g/mol. The van der Waals surface area contributed by atoms with Gasteiger partial charge in [0.25, 0.3) is 10.0 Å². The fourth-order valence-electron chi connectivity index (χ4n) is 3.00. The molecule has 1 N–H and O–H groups in total. The summed E-state index contributed by atoms with van der Waals surface area (Å²) < 4.78 is 26.3. The van der Waals surface area contributed by atoms with Crippen molar-refractivity contribution in [3.63, 3.8) is 0 Å². The van der Waals surface area contributed by atoms with E-state index in [1.165, 1.54) is 12.3 Å². The Morgan fingerprint density at radius 2 is 2.10 bits per heavy atom. The van der Waals surface area contributed by atoms with Crippen LogP contribution in [-0.4, -0.2) is 19.3 Å². The van der Waals surface area contributed by atoms with Crippen molar-refractivity contribution in [1.82, 2.24) is 9.71 Å². The van der Waals surface area contributed by atoms with Gasteiger partial charge in [0.05, 0.1) is 0 Å². The molecule has 0 spiro atoms. The summed E-state index contributed by atoms with van der Waals surface area (Å²) in [6.45, 7) is 0. The number of nitrogens with zero attached hydrogens (tertiary/aromatic N) is 1. The lowest BCUT2D eigenvalue weighted by Crippen LogP contribution is -2.42. The lowest BCUT2D eigenvalue weighted by molar-refractivity contribution is -0.125. The molecule has 0 radical (unpaired) electrons. The number of sulfonamides is 1. The van der Waals surface area contributed by atoms with Crippen molar-refractivity contribution in [3.05, 3.63) is 36.5 Å². The fourth-order valence-corrected chi connectivity index (χ4v) is 3.98. The van der Waals surface area contributed by atoms with Gasteiger partial charge >= 0.3 is 0 Å². The van der Waals surface area contributed by atoms with Crippen molar-refractivity contribution < 1.29 is 13.2 Å². The monoisotopic (exact) mass is 292 g/mol. The molecule has 3 aliphatic rings. The van der Waals surface area contributed by atoms with Gasteiger partial charge in [0, 0.05) is 12.1 Å². The minimum atomic E-state index is -3.86. The van der Waals surface area contributed by atoms with Crippen molar-refractivity contribution in [2.24, 2.45) is 17.8 Å². The molecule has 3 atom stereocenters. The predicted octanol–water partition coefficient (Wildman–Crippen LogP) is 1.49. The second kappa shape index (κ2) is 5.01. The number of rotatable bonds is 3. The molecule has 1 fully saturated rings. The molecule has 1 aromatic heterocycles. The fraction of sp³-hybridized carbons (Fsp3) is 0.429. The van der Waals surface area contributed by atoms with Crippen molar-refractivity contribution in [3.8, 4) is 0 Å². The molecule has 0 aromatic carbocycles. The highest BCUT2D eigenvalue weighted by Gasteiger charge is 2.37. The molecule has 1 saturated carbocycles. The summed E-state index contributed by atoms with van der Waals surface area (Å²) in [5.41, 5.74) is 0. The van der Waals surface area contributed by atoms with Gasteiger partial charge in [-0.3, -0.25) is 4.79 Å². The summed E-state index contributed by atoms with van der Waals surface area (Å²) in [7, 11) is -3.86. The van der Waals surface area contributed by atoms with Crippen molar-refractivity contribution >= 4 is 15.9 Å². The third-order valence-corrected chi connectivity index (χ3v) is 5.32. The van der Waals surface area contributed by atoms with Crippen LogP contribution in [-0.2, 0) is 14.8 Å². The van der Waals surface area contributed by atoms with E-state index in [1.807, 2.05) is 0 Å². The van der Waals surface area contributed by atoms with Crippen LogP contribution in [0.2, 0.25) is 0 Å². The van der Waals surface area contributed by atoms with E-state index in [2.05, 4.69) is 21.9 Å². The smallest absolute Gasteiger partial charge is 0.274 e. The number of pyridine rings is 1. The zero-order chi connectivity index (χ0) is 14.2. The second-order valence-electron chi connectivity index (χ2n) is 5.37. The summed E-state index contributed by atoms with van der Waals surface area (Å²) in [6.07, 6.45) is 8.39. The molecule has 6 heteroatoms. The average Bonchev–Trinajstić information content (AvgIpc) is 2.49. The maximum absolute atomic E-state index is 12.2. The zero-order valence-electron chi connectivity index (χ0n) is 10.9. The van der Waals surface area contributed by atoms with Gasteiger partial charge in [-0.2, -0.15) is 8.42 Å². The van der Waals surface area contributed by atoms with E-state index < -0.39 is 15.9 Å². The first-order valence-electron chi connectivity index (χ1n) is 6.72. The Labute approximate surface area is 118 Å². The van der Waals surface area contributed by atoms with Crippen LogP contribution in [0, 0.1) is 17.8 Å². The highest BCUT2D eigenvalue weighted by Crippen LogP contribution is 2.40. The number of carbonyl (C=O) groups is 1. The van der Waals surface area contributed by atoms with Crippen molar-refractivity contribution in [2.45, 2.75) is 24.3 Å². The number of aromatic nitrogens is 1. The molecule has 106 valence electrons. The predicted molar refractivity (Wildman–Crippen MR) is 73.0 cm³/mol. The Kier molecular flexibility index (Phi) is 3.33. The summed E-state index contributed by atoms with van der Waals surface area (Å²) in [5, 5.41) is -0.120. The third-order valence-electron chi connectivity index (χ3n) is 4.06. The molecule has 1 heterocycles. The Morgan fingerprint density at radius 1 is 1.25 bits per heavy atom. The van der Waals surface area contributed by atoms with Crippen LogP contribution in [0.3, 0.4) is 0 Å². The molecule has 3 aliphatic carbocycles. The van der Waals surface area contributed by atoms with Gasteiger partial charge in [0.15, 0.2) is 5.03 Å². The van der Waals surface area contributed by atoms with Crippen LogP contribution in [0.25, 0.3) is 0 Å². The lowest BCUT2D eigenvalue weighted by Gasteiger charge is -2.36. The van der Waals surface area contributed by atoms with E-state index in [-0.39, 0.29) is 16.9 Å². The number of carbonyl (C=O) groups excluding carboxylic acids is 1. The minimum absolute atomic E-state index is 0.120. The van der Waals surface area contributed by atoms with Gasteiger partial charge in [0.2, 0.25) is 5.91 Å². The van der Waals surface area contributed by atoms with Crippen LogP contribution in [0.5, 0.6) is 0 Å². The highest BCUT2D eigenvalue weighted by atomic mass is 32.2. The number of allylic oxidation sites excluding steroid dienone is 2. The van der Waals surface area contributed by atoms with Gasteiger partial charge in [-0.1, -0.05) is 18.2 Å². The van der Waals surface area contributed by atoms with Gasteiger partial charge in [0.1, 0.15) is 0 Å². The van der Waals surface area contributed by atoms with Crippen LogP contribution < -0.4 is 4.72 Å². The number of nitrogens with one attached hydrogen (secondary N) is 1. The molecule has 1 amide bonds. The van der Waals surface area contributed by atoms with Crippen LogP contribution in [0.4, 0.5) is 0 Å². The molecule has 0 unspecified atom stereocenters. The number of hydrogen-bond donors (Lipinski definition) is 1. The molecule has 1 aromatic rings. The molecule has 20 heavy (non-hydrogen) atoms. The Morgan fingerprint density at radius 3 is 2.65 bits per heavy atom. The van der Waals surface area contributed by atoms with E-state index >= 15 is 0 Å². The largest absolute Gasteiger partial charge is 0.281 e. The van der Waals surface area contributed by atoms with Crippen LogP contribution >= 0.6 is 0 Å². The number of fused-ring (bicyclic) bond motifs is 2. The number of amides is 1. The van der Waals surface area contributed by atoms with E-state index in [4.69, 9.17) is 0 Å². The van der Waals surface area contributed by atoms with Gasteiger partial charge in [-0.05, 0) is 43.2 Å². The third kappa shape index (κ3) is 2.47. The normalized spacial score (nSPS) is 28.3. The molecule has 0 aliphatic heterocycles. The quantitative estimate of drug-likeness (QED) is 0.856. The second-order valence-corrected chi connectivity index (χ2v) is 7.00. The van der Waals surface area contributed by atoms with Gasteiger partial charge in [-0.25, -0.2) is 9.71 Å². The average molecular weight is 292 g/mol. The summed E-state index contributed by atoms with van der Waals surface area (Å²) in [6, 6.07) is 4.59. The van der Waals surface area contributed by atoms with Crippen LogP contribution in [0.15, 0.2) is 41.6 Å². The maximum Gasteiger partial charge on any atom is 0.281 e. The summed E-state index contributed by atoms with van der Waals surface area (Å²) in [5.74, 6) is -0.0702. The Balaban J connectivity index is 1.75. The first-order valence-corrected chi connectivity index (χ1v) is 8.20. The molecule has 4 rings (SSSR count). The Hall–Kier alpha value is -1.69. The van der Waals surface area contributed by atoms with Crippen LogP contribution in [0.1, 0.15) is 19.3 Å². The number of hydrogen-bond acceptors (Lipinski definition) is 4. The highest BCUT2D eigenvalue weighted by molar-refractivity contribution is 7.90. The van der Waals surface area contributed by atoms with Crippen molar-refractivity contribution in [1.29, 1.82) is 0 Å². The SMILES string of the molecule is O=C(NS(=O)(=O)c1ccccn1)[C@@H]1C[C@@H]2C=C[C@H]1CC2. The van der Waals surface area contributed by atoms with E-state index in [0.717, 1.165) is 19.3 Å². The van der Waals surface area contributed by atoms with E-state index in [0.29, 0.717) is 5.92 Å². The molecule has 5 nitrogen and oxygen atoms in total. The lowest BCUT2D eigenvalue weighted by atomic mass is 9.69. The van der Waals surface area contributed by atoms with Gasteiger partial charge < -0.3 is 0 Å². The van der Waals surface area contributed by atoms with E-state index in [1.54, 1.807) is 12.1 Å². The van der Waals surface area contributed by atoms with E-state index in [9.17, 15) is 13.2 Å². The standard InChI is InChI=1S/C14H16N2O3S/c17-14(12-9-10-4-6-11(12)7-5-10)16-20(18,19)13-3-1-2-8-15-13/h1-4,6,8,10-12H,5,7,9H2,(H,16,17)/t10-,11+,12-/m1/s1. The zero-order valence-corrected chi connectivity index (χ0v) is 11.7. The van der Waals surface area contributed by atoms with Crippen molar-refractivity contribution in [2.75, 3.05) is 0 Å². The Bertz CT molecular complexity index is 640. The molecule has 2 bridgehead atoms. The first kappa shape index (κ1) is 13.3. The topological polar surface area (TPSA) is 76.1 Å². The maximum atomic E-state index is 12.2. The molecular formula is C14H16N2O3S. The summed E-state index contributed by atoms with van der Waals surface area (Å²) >= 11 is 0. The first-order chi connectivity index (χ1) is 9.56.